The number of hydrogen-bond donors (Lipinski definition) is 2. The highest BCUT2D eigenvalue weighted by Gasteiger charge is 2.46. The summed E-state index contributed by atoms with van der Waals surface area (Å²) in [6.07, 6.45) is 13.3. The van der Waals surface area contributed by atoms with Crippen molar-refractivity contribution in [2.24, 2.45) is 11.3 Å². The van der Waals surface area contributed by atoms with Gasteiger partial charge in [-0.05, 0) is 46.1 Å². The third kappa shape index (κ3) is 8.71. The van der Waals surface area contributed by atoms with Crippen LogP contribution in [0.5, 0.6) is 0 Å². The van der Waals surface area contributed by atoms with Crippen LogP contribution in [0.2, 0.25) is 0 Å². The highest BCUT2D eigenvalue weighted by Crippen LogP contribution is 2.41. The summed E-state index contributed by atoms with van der Waals surface area (Å²) in [6, 6.07) is 23.8. The fraction of sp³-hybridized carbons (Fsp3) is 0.211. The molecule has 1 aliphatic carbocycles. The highest BCUT2D eigenvalue weighted by atomic mass is 16.4. The number of allylic oxidation sites excluding steroid dienone is 7. The molecule has 0 aromatic heterocycles. The maximum Gasteiger partial charge on any atom is 0.336 e. The molecule has 0 radical (unpaired) electrons. The second-order valence-electron chi connectivity index (χ2n) is 10.9. The largest absolute Gasteiger partial charge is 0.481 e. The molecule has 0 bridgehead atoms. The molecular weight excluding hydrogens is 552 g/mol. The smallest absolute Gasteiger partial charge is 0.336 e. The summed E-state index contributed by atoms with van der Waals surface area (Å²) < 4.78 is 0. The van der Waals surface area contributed by atoms with E-state index in [0.717, 1.165) is 12.8 Å². The summed E-state index contributed by atoms with van der Waals surface area (Å²) in [7, 11) is 0. The molecule has 4 rings (SSSR count). The molecule has 0 spiro atoms. The highest BCUT2D eigenvalue weighted by molar-refractivity contribution is 6.14. The van der Waals surface area contributed by atoms with Gasteiger partial charge in [0.15, 0.2) is 11.6 Å². The van der Waals surface area contributed by atoms with Gasteiger partial charge < -0.3 is 10.2 Å². The Kier molecular flexibility index (Phi) is 12.1. The van der Waals surface area contributed by atoms with Gasteiger partial charge in [0.25, 0.3) is 0 Å². The first-order valence-electron chi connectivity index (χ1n) is 14.5. The van der Waals surface area contributed by atoms with E-state index in [2.05, 4.69) is 19.9 Å². The number of carbonyl (C=O) groups excluding carboxylic acids is 2. The van der Waals surface area contributed by atoms with E-state index in [1.807, 2.05) is 19.1 Å². The van der Waals surface area contributed by atoms with Crippen LogP contribution >= 0.6 is 0 Å². The van der Waals surface area contributed by atoms with Crippen LogP contribution in [0.25, 0.3) is 0 Å². The number of ketones is 2. The van der Waals surface area contributed by atoms with Crippen LogP contribution in [-0.4, -0.2) is 33.7 Å². The predicted molar refractivity (Wildman–Crippen MR) is 173 cm³/mol. The number of Topliss-reactive ketones (excluding diaryl/α,β-unsaturated/α-hetero) is 1. The maximum atomic E-state index is 13.4. The number of aromatic carboxylic acids is 1. The molecule has 3 aromatic rings. The lowest BCUT2D eigenvalue weighted by Crippen LogP contribution is -2.41. The Labute approximate surface area is 258 Å². The van der Waals surface area contributed by atoms with E-state index < -0.39 is 23.3 Å². The Bertz CT molecular complexity index is 1590. The van der Waals surface area contributed by atoms with Crippen molar-refractivity contribution >= 4 is 23.5 Å². The zero-order valence-corrected chi connectivity index (χ0v) is 25.3. The molecule has 0 saturated heterocycles. The van der Waals surface area contributed by atoms with Gasteiger partial charge in [0.2, 0.25) is 0 Å². The Hall–Kier alpha value is -5.10. The normalized spacial score (nSPS) is 17.2. The second-order valence-corrected chi connectivity index (χ2v) is 10.9. The number of carboxylic acid groups (broad SMARTS) is 2. The lowest BCUT2D eigenvalue weighted by molar-refractivity contribution is -0.142. The van der Waals surface area contributed by atoms with Crippen molar-refractivity contribution in [1.29, 1.82) is 0 Å². The molecule has 0 fully saturated rings. The monoisotopic (exact) mass is 590 g/mol. The van der Waals surface area contributed by atoms with Gasteiger partial charge in [-0.15, -0.1) is 0 Å². The van der Waals surface area contributed by atoms with E-state index in [0.29, 0.717) is 17.5 Å². The first-order valence-corrected chi connectivity index (χ1v) is 14.5. The average Bonchev–Trinajstić information content (AvgIpc) is 3.04. The SMILES string of the molecule is CC(C)=CCC/C(C)=C/CC1(C(=O)c2ccccc2)C=CC=CC1C(=O)O.O=C(O)c1ccccc1C(=O)c1ccccc1. The van der Waals surface area contributed by atoms with Crippen molar-refractivity contribution in [2.45, 2.75) is 40.0 Å². The van der Waals surface area contributed by atoms with Crippen LogP contribution in [0.15, 0.2) is 133 Å². The molecule has 0 amide bonds. The summed E-state index contributed by atoms with van der Waals surface area (Å²) in [6.45, 7) is 6.18. The average molecular weight is 591 g/mol. The Morgan fingerprint density at radius 2 is 1.30 bits per heavy atom. The van der Waals surface area contributed by atoms with Crippen molar-refractivity contribution in [2.75, 3.05) is 0 Å². The number of benzene rings is 3. The van der Waals surface area contributed by atoms with Crippen molar-refractivity contribution < 1.29 is 29.4 Å². The van der Waals surface area contributed by atoms with Crippen LogP contribution in [0.1, 0.15) is 76.7 Å². The molecule has 6 heteroatoms. The summed E-state index contributed by atoms with van der Waals surface area (Å²) in [4.78, 5) is 48.4. The van der Waals surface area contributed by atoms with Gasteiger partial charge in [0.05, 0.1) is 16.9 Å². The molecule has 2 atom stereocenters. The topological polar surface area (TPSA) is 109 Å². The molecule has 3 aromatic carbocycles. The number of carboxylic acids is 2. The Balaban J connectivity index is 0.000000266. The number of rotatable bonds is 11. The fourth-order valence-corrected chi connectivity index (χ4v) is 4.99. The molecule has 1 aliphatic rings. The molecule has 0 saturated carbocycles. The van der Waals surface area contributed by atoms with Crippen LogP contribution < -0.4 is 0 Å². The van der Waals surface area contributed by atoms with Crippen molar-refractivity contribution in [3.05, 3.63) is 155 Å². The van der Waals surface area contributed by atoms with Crippen molar-refractivity contribution in [1.82, 2.24) is 0 Å². The van der Waals surface area contributed by atoms with Gasteiger partial charge in [-0.3, -0.25) is 14.4 Å². The standard InChI is InChI=1S/C24H28O3.C14H10O3/c1-18(2)10-9-11-19(3)15-17-24(16-8-7-14-21(24)23(26)27)22(25)20-12-5-4-6-13-20;15-13(10-6-2-1-3-7-10)11-8-4-5-9-12(11)14(16)17/h4-8,10,12-16,21H,9,11,17H2,1-3H3,(H,26,27);1-9H,(H,16,17)/b19-15+;. The minimum atomic E-state index is -1.10. The van der Waals surface area contributed by atoms with Crippen LogP contribution in [0.3, 0.4) is 0 Å². The number of aliphatic carboxylic acids is 1. The summed E-state index contributed by atoms with van der Waals surface area (Å²) in [5.74, 6) is -3.37. The molecule has 2 unspecified atom stereocenters. The van der Waals surface area contributed by atoms with Crippen molar-refractivity contribution in [3.8, 4) is 0 Å². The quantitative estimate of drug-likeness (QED) is 0.172. The third-order valence-corrected chi connectivity index (χ3v) is 7.41. The minimum absolute atomic E-state index is 0.0290. The molecule has 0 heterocycles. The summed E-state index contributed by atoms with van der Waals surface area (Å²) >= 11 is 0. The van der Waals surface area contributed by atoms with E-state index in [1.54, 1.807) is 91.0 Å². The number of carbonyl (C=O) groups is 4. The van der Waals surface area contributed by atoms with Crippen LogP contribution in [-0.2, 0) is 4.79 Å². The van der Waals surface area contributed by atoms with Gasteiger partial charge in [-0.25, -0.2) is 4.79 Å². The zero-order valence-electron chi connectivity index (χ0n) is 25.3. The van der Waals surface area contributed by atoms with Gasteiger partial charge in [0.1, 0.15) is 0 Å². The first-order chi connectivity index (χ1) is 21.1. The van der Waals surface area contributed by atoms with E-state index in [4.69, 9.17) is 5.11 Å². The predicted octanol–water partition coefficient (Wildman–Crippen LogP) is 8.38. The maximum absolute atomic E-state index is 13.4. The molecule has 44 heavy (non-hydrogen) atoms. The molecular formula is C38H38O6. The first kappa shape index (κ1) is 33.4. The molecule has 226 valence electrons. The number of hydrogen-bond acceptors (Lipinski definition) is 4. The zero-order chi connectivity index (χ0) is 32.1. The van der Waals surface area contributed by atoms with E-state index in [-0.39, 0.29) is 22.7 Å². The van der Waals surface area contributed by atoms with Gasteiger partial charge in [0, 0.05) is 16.7 Å². The third-order valence-electron chi connectivity index (χ3n) is 7.41. The van der Waals surface area contributed by atoms with E-state index in [1.165, 1.54) is 23.3 Å². The van der Waals surface area contributed by atoms with Crippen molar-refractivity contribution in [3.63, 3.8) is 0 Å². The lowest BCUT2D eigenvalue weighted by atomic mass is 9.66. The fourth-order valence-electron chi connectivity index (χ4n) is 4.99. The summed E-state index contributed by atoms with van der Waals surface area (Å²) in [5, 5.41) is 18.8. The minimum Gasteiger partial charge on any atom is -0.481 e. The molecule has 2 N–H and O–H groups in total. The van der Waals surface area contributed by atoms with Gasteiger partial charge in [-0.2, -0.15) is 0 Å². The Morgan fingerprint density at radius 3 is 1.86 bits per heavy atom. The molecule has 6 nitrogen and oxygen atoms in total. The second kappa shape index (κ2) is 15.9. The van der Waals surface area contributed by atoms with E-state index >= 15 is 0 Å². The Morgan fingerprint density at radius 1 is 0.727 bits per heavy atom. The van der Waals surface area contributed by atoms with Crippen LogP contribution in [0.4, 0.5) is 0 Å². The van der Waals surface area contributed by atoms with Crippen LogP contribution in [0, 0.1) is 11.3 Å². The lowest BCUT2D eigenvalue weighted by Gasteiger charge is -2.34. The van der Waals surface area contributed by atoms with Gasteiger partial charge in [-0.1, -0.05) is 126 Å². The molecule has 0 aliphatic heterocycles. The summed E-state index contributed by atoms with van der Waals surface area (Å²) in [5.41, 5.74) is 2.62. The van der Waals surface area contributed by atoms with Gasteiger partial charge >= 0.3 is 11.9 Å². The van der Waals surface area contributed by atoms with E-state index in [9.17, 15) is 24.3 Å².